The Morgan fingerprint density at radius 2 is 2.21 bits per heavy atom. The molecule has 0 aromatic heterocycles. The van der Waals surface area contributed by atoms with Crippen LogP contribution in [0.15, 0.2) is 47.9 Å². The zero-order valence-electron chi connectivity index (χ0n) is 8.24. The van der Waals surface area contributed by atoms with Gasteiger partial charge in [0.05, 0.1) is 0 Å². The predicted molar refractivity (Wildman–Crippen MR) is 58.4 cm³/mol. The Hall–Kier alpha value is -1.24. The molecule has 2 aliphatic carbocycles. The van der Waals surface area contributed by atoms with Crippen LogP contribution in [0.3, 0.4) is 0 Å². The quantitative estimate of drug-likeness (QED) is 0.619. The highest BCUT2D eigenvalue weighted by Gasteiger charge is 2.37. The van der Waals surface area contributed by atoms with Crippen molar-refractivity contribution in [2.75, 3.05) is 0 Å². The molecule has 1 saturated carbocycles. The first-order valence-corrected chi connectivity index (χ1v) is 5.44. The van der Waals surface area contributed by atoms with Gasteiger partial charge >= 0.3 is 0 Å². The van der Waals surface area contributed by atoms with Gasteiger partial charge in [-0.15, -0.1) is 0 Å². The fourth-order valence-corrected chi connectivity index (χ4v) is 2.88. The predicted octanol–water partition coefficient (Wildman–Crippen LogP) is 2.90. The molecule has 1 aliphatic heterocycles. The van der Waals surface area contributed by atoms with E-state index in [0.29, 0.717) is 5.92 Å². The first-order valence-electron chi connectivity index (χ1n) is 5.44. The first-order chi connectivity index (χ1) is 6.95. The van der Waals surface area contributed by atoms with E-state index in [-0.39, 0.29) is 0 Å². The summed E-state index contributed by atoms with van der Waals surface area (Å²) in [5.41, 5.74) is 3.05. The second-order valence-electron chi connectivity index (χ2n) is 4.30. The summed E-state index contributed by atoms with van der Waals surface area (Å²) in [4.78, 5) is 0. The number of hydrogen-bond acceptors (Lipinski definition) is 1. The maximum atomic E-state index is 3.40. The molecule has 0 spiro atoms. The van der Waals surface area contributed by atoms with E-state index in [0.717, 1.165) is 5.92 Å². The van der Waals surface area contributed by atoms with Gasteiger partial charge in [-0.1, -0.05) is 23.8 Å². The summed E-state index contributed by atoms with van der Waals surface area (Å²) >= 11 is 0. The third kappa shape index (κ3) is 1.16. The smallest absolute Gasteiger partial charge is 0.0231 e. The van der Waals surface area contributed by atoms with Gasteiger partial charge in [0.1, 0.15) is 0 Å². The summed E-state index contributed by atoms with van der Waals surface area (Å²) in [5.74, 6) is 1.58. The molecule has 2 unspecified atom stereocenters. The number of fused-ring (bicyclic) bond motifs is 2. The summed E-state index contributed by atoms with van der Waals surface area (Å²) in [7, 11) is 0. The van der Waals surface area contributed by atoms with Crippen molar-refractivity contribution in [1.82, 2.24) is 5.32 Å². The maximum absolute atomic E-state index is 3.40. The van der Waals surface area contributed by atoms with Crippen LogP contribution in [0.2, 0.25) is 0 Å². The minimum absolute atomic E-state index is 0.697. The Labute approximate surface area is 84.9 Å². The number of hydrogen-bond donors (Lipinski definition) is 1. The number of allylic oxidation sites excluding steroid dienone is 6. The summed E-state index contributed by atoms with van der Waals surface area (Å²) in [6.45, 7) is 0. The molecule has 1 fully saturated rings. The van der Waals surface area contributed by atoms with Gasteiger partial charge in [-0.2, -0.15) is 0 Å². The van der Waals surface area contributed by atoms with Crippen LogP contribution in [-0.2, 0) is 0 Å². The molecule has 1 heteroatoms. The molecule has 1 N–H and O–H groups in total. The van der Waals surface area contributed by atoms with Gasteiger partial charge in [0.2, 0.25) is 0 Å². The lowest BCUT2D eigenvalue weighted by molar-refractivity contribution is 0.481. The van der Waals surface area contributed by atoms with E-state index >= 15 is 0 Å². The highest BCUT2D eigenvalue weighted by atomic mass is 14.9. The van der Waals surface area contributed by atoms with Crippen LogP contribution in [0.25, 0.3) is 0 Å². The van der Waals surface area contributed by atoms with Crippen LogP contribution < -0.4 is 5.32 Å². The minimum atomic E-state index is 0.697. The molecule has 2 bridgehead atoms. The average Bonchev–Trinajstić information content (AvgIpc) is 2.69. The summed E-state index contributed by atoms with van der Waals surface area (Å²) in [6.07, 6.45) is 17.0. The Kier molecular flexibility index (Phi) is 1.83. The molecular formula is C13H15N. The van der Waals surface area contributed by atoms with Crippen LogP contribution in [0.4, 0.5) is 0 Å². The van der Waals surface area contributed by atoms with Gasteiger partial charge in [0, 0.05) is 17.8 Å². The van der Waals surface area contributed by atoms with Gasteiger partial charge in [-0.3, -0.25) is 0 Å². The van der Waals surface area contributed by atoms with Gasteiger partial charge in [0.15, 0.2) is 0 Å². The van der Waals surface area contributed by atoms with E-state index in [1.54, 1.807) is 5.57 Å². The maximum Gasteiger partial charge on any atom is 0.0231 e. The zero-order chi connectivity index (χ0) is 9.38. The second kappa shape index (κ2) is 3.16. The third-order valence-electron chi connectivity index (χ3n) is 3.54. The molecule has 0 aromatic carbocycles. The highest BCUT2D eigenvalue weighted by molar-refractivity contribution is 5.34. The van der Waals surface area contributed by atoms with E-state index in [2.05, 4.69) is 35.7 Å². The molecule has 2 atom stereocenters. The molecule has 1 nitrogen and oxygen atoms in total. The number of nitrogens with one attached hydrogen (secondary N) is 1. The third-order valence-corrected chi connectivity index (χ3v) is 3.54. The summed E-state index contributed by atoms with van der Waals surface area (Å²) in [5, 5.41) is 3.40. The Morgan fingerprint density at radius 3 is 2.93 bits per heavy atom. The van der Waals surface area contributed by atoms with Crippen molar-refractivity contribution in [1.29, 1.82) is 0 Å². The largest absolute Gasteiger partial charge is 0.364 e. The van der Waals surface area contributed by atoms with Crippen molar-refractivity contribution in [2.45, 2.75) is 19.3 Å². The lowest BCUT2D eigenvalue weighted by Crippen LogP contribution is -2.17. The molecule has 0 radical (unpaired) electrons. The number of rotatable bonds is 1. The fourth-order valence-electron chi connectivity index (χ4n) is 2.88. The van der Waals surface area contributed by atoms with Crippen LogP contribution in [0, 0.1) is 11.8 Å². The van der Waals surface area contributed by atoms with Gasteiger partial charge in [-0.25, -0.2) is 0 Å². The molecule has 0 aromatic rings. The minimum Gasteiger partial charge on any atom is -0.364 e. The standard InChI is InChI=1S/C13H15N/c1-2-4-12(14-9-3-1)13-10-5-6-11(13)8-7-10/h1-5,9,11,13-14H,6-8H2. The Morgan fingerprint density at radius 1 is 1.21 bits per heavy atom. The monoisotopic (exact) mass is 185 g/mol. The lowest BCUT2D eigenvalue weighted by atomic mass is 9.94. The Balaban J connectivity index is 1.90. The van der Waals surface area contributed by atoms with E-state index in [4.69, 9.17) is 0 Å². The SMILES string of the molecule is C1=CC=C(C2C3=CCC2CC3)NC=C1. The summed E-state index contributed by atoms with van der Waals surface area (Å²) < 4.78 is 0. The fraction of sp³-hybridized carbons (Fsp3) is 0.385. The molecule has 14 heavy (non-hydrogen) atoms. The summed E-state index contributed by atoms with van der Waals surface area (Å²) in [6, 6.07) is 0. The lowest BCUT2D eigenvalue weighted by Gasteiger charge is -2.17. The van der Waals surface area contributed by atoms with Crippen LogP contribution in [-0.4, -0.2) is 0 Å². The van der Waals surface area contributed by atoms with E-state index < -0.39 is 0 Å². The molecule has 72 valence electrons. The van der Waals surface area contributed by atoms with Crippen molar-refractivity contribution < 1.29 is 0 Å². The van der Waals surface area contributed by atoms with E-state index in [1.807, 2.05) is 6.20 Å². The second-order valence-corrected chi connectivity index (χ2v) is 4.30. The van der Waals surface area contributed by atoms with E-state index in [9.17, 15) is 0 Å². The van der Waals surface area contributed by atoms with Crippen LogP contribution in [0.1, 0.15) is 19.3 Å². The molecule has 1 heterocycles. The van der Waals surface area contributed by atoms with E-state index in [1.165, 1.54) is 25.0 Å². The topological polar surface area (TPSA) is 12.0 Å². The first kappa shape index (κ1) is 8.10. The van der Waals surface area contributed by atoms with Crippen LogP contribution >= 0.6 is 0 Å². The molecular weight excluding hydrogens is 170 g/mol. The van der Waals surface area contributed by atoms with Crippen molar-refractivity contribution in [2.24, 2.45) is 11.8 Å². The average molecular weight is 185 g/mol. The molecule has 3 aliphatic rings. The molecule has 3 rings (SSSR count). The normalized spacial score (nSPS) is 33.7. The van der Waals surface area contributed by atoms with Crippen molar-refractivity contribution in [3.63, 3.8) is 0 Å². The van der Waals surface area contributed by atoms with Crippen molar-refractivity contribution in [3.8, 4) is 0 Å². The molecule has 0 saturated heterocycles. The van der Waals surface area contributed by atoms with Gasteiger partial charge in [-0.05, 0) is 37.3 Å². The zero-order valence-corrected chi connectivity index (χ0v) is 8.24. The van der Waals surface area contributed by atoms with Crippen molar-refractivity contribution in [3.05, 3.63) is 47.9 Å². The van der Waals surface area contributed by atoms with Gasteiger partial charge < -0.3 is 5.32 Å². The van der Waals surface area contributed by atoms with Gasteiger partial charge in [0.25, 0.3) is 0 Å². The van der Waals surface area contributed by atoms with Crippen molar-refractivity contribution >= 4 is 0 Å². The molecule has 0 amide bonds. The highest BCUT2D eigenvalue weighted by Crippen LogP contribution is 2.47. The Bertz CT molecular complexity index is 357. The van der Waals surface area contributed by atoms with Crippen LogP contribution in [0.5, 0.6) is 0 Å².